The molecule has 0 atom stereocenters. The molecule has 6 nitrogen and oxygen atoms in total. The third-order valence-electron chi connectivity index (χ3n) is 11.1. The molecule has 57 heavy (non-hydrogen) atoms. The average molecular weight is 731 g/mol. The summed E-state index contributed by atoms with van der Waals surface area (Å²) in [5.41, 5.74) is 11.5. The van der Waals surface area contributed by atoms with Crippen LogP contribution in [-0.4, -0.2) is 19.5 Å². The summed E-state index contributed by atoms with van der Waals surface area (Å²) in [5.74, 6) is 1.68. The molecule has 6 heteroatoms. The number of hydrogen-bond donors (Lipinski definition) is 0. The fourth-order valence-electron chi connectivity index (χ4n) is 8.37. The molecule has 0 spiro atoms. The molecule has 4 heterocycles. The SMILES string of the molecule is c1ccc(-c2ccc3c(c2)c2ccccc2n3-c2ccc3oc4cc(-c5nc(-c6ccccc6)nc(-c6cccc7c6oc6ccccc67)n5)ccc4c3c2)cc1. The minimum absolute atomic E-state index is 0.542. The second kappa shape index (κ2) is 12.3. The van der Waals surface area contributed by atoms with Gasteiger partial charge in [-0.3, -0.25) is 0 Å². The quantitative estimate of drug-likeness (QED) is 0.176. The highest BCUT2D eigenvalue weighted by molar-refractivity contribution is 6.12. The second-order valence-corrected chi connectivity index (χ2v) is 14.4. The van der Waals surface area contributed by atoms with Gasteiger partial charge in [0.1, 0.15) is 22.3 Å². The van der Waals surface area contributed by atoms with Crippen molar-refractivity contribution >= 4 is 65.7 Å². The molecule has 0 unspecified atom stereocenters. The Labute approximate surface area is 325 Å². The minimum atomic E-state index is 0.542. The Morgan fingerprint density at radius 2 is 0.982 bits per heavy atom. The molecule has 8 aromatic carbocycles. The Hall–Kier alpha value is -7.83. The van der Waals surface area contributed by atoms with Gasteiger partial charge in [-0.15, -0.1) is 0 Å². The fourth-order valence-corrected chi connectivity index (χ4v) is 8.37. The molecular formula is C51H30N4O2. The summed E-state index contributed by atoms with van der Waals surface area (Å²) in [5, 5.41) is 6.58. The van der Waals surface area contributed by atoms with E-state index in [-0.39, 0.29) is 0 Å². The maximum absolute atomic E-state index is 6.55. The van der Waals surface area contributed by atoms with Gasteiger partial charge in [0, 0.05) is 49.1 Å². The van der Waals surface area contributed by atoms with Crippen molar-refractivity contribution in [2.45, 2.75) is 0 Å². The van der Waals surface area contributed by atoms with Crippen LogP contribution in [0.5, 0.6) is 0 Å². The molecule has 266 valence electrons. The van der Waals surface area contributed by atoms with Crippen molar-refractivity contribution < 1.29 is 8.83 Å². The van der Waals surface area contributed by atoms with Gasteiger partial charge in [0.25, 0.3) is 0 Å². The highest BCUT2D eigenvalue weighted by Crippen LogP contribution is 2.39. The van der Waals surface area contributed by atoms with Gasteiger partial charge in [-0.25, -0.2) is 15.0 Å². The summed E-state index contributed by atoms with van der Waals surface area (Å²) in [7, 11) is 0. The first-order valence-corrected chi connectivity index (χ1v) is 19.0. The summed E-state index contributed by atoms with van der Waals surface area (Å²) in [6, 6.07) is 62.8. The highest BCUT2D eigenvalue weighted by atomic mass is 16.3. The lowest BCUT2D eigenvalue weighted by atomic mass is 10.0. The van der Waals surface area contributed by atoms with E-state index >= 15 is 0 Å². The lowest BCUT2D eigenvalue weighted by Gasteiger charge is -2.09. The van der Waals surface area contributed by atoms with E-state index in [2.05, 4.69) is 120 Å². The molecule has 0 radical (unpaired) electrons. The van der Waals surface area contributed by atoms with Crippen molar-refractivity contribution in [2.75, 3.05) is 0 Å². The third-order valence-corrected chi connectivity index (χ3v) is 11.1. The van der Waals surface area contributed by atoms with Crippen molar-refractivity contribution in [3.05, 3.63) is 182 Å². The first kappa shape index (κ1) is 31.5. The molecule has 0 N–H and O–H groups in total. The molecule has 0 fully saturated rings. The van der Waals surface area contributed by atoms with Crippen molar-refractivity contribution in [3.63, 3.8) is 0 Å². The van der Waals surface area contributed by atoms with Crippen molar-refractivity contribution in [2.24, 2.45) is 0 Å². The van der Waals surface area contributed by atoms with Crippen molar-refractivity contribution in [3.8, 4) is 51.0 Å². The van der Waals surface area contributed by atoms with Crippen LogP contribution in [0.4, 0.5) is 0 Å². The molecule has 0 saturated heterocycles. The maximum Gasteiger partial charge on any atom is 0.167 e. The van der Waals surface area contributed by atoms with Gasteiger partial charge in [-0.05, 0) is 71.8 Å². The van der Waals surface area contributed by atoms with E-state index in [1.54, 1.807) is 0 Å². The lowest BCUT2D eigenvalue weighted by molar-refractivity contribution is 0.668. The van der Waals surface area contributed by atoms with E-state index in [1.165, 1.54) is 21.9 Å². The van der Waals surface area contributed by atoms with Crippen LogP contribution in [-0.2, 0) is 0 Å². The monoisotopic (exact) mass is 730 g/mol. The van der Waals surface area contributed by atoms with E-state index in [0.29, 0.717) is 17.5 Å². The normalized spacial score (nSPS) is 11.9. The van der Waals surface area contributed by atoms with E-state index < -0.39 is 0 Å². The van der Waals surface area contributed by atoms with Gasteiger partial charge in [0.15, 0.2) is 17.5 Å². The number of fused-ring (bicyclic) bond motifs is 9. The Morgan fingerprint density at radius 3 is 1.84 bits per heavy atom. The Balaban J connectivity index is 0.998. The molecule has 0 aliphatic heterocycles. The summed E-state index contributed by atoms with van der Waals surface area (Å²) >= 11 is 0. The number of nitrogens with zero attached hydrogens (tertiary/aromatic N) is 4. The summed E-state index contributed by atoms with van der Waals surface area (Å²) in [6.45, 7) is 0. The van der Waals surface area contributed by atoms with Gasteiger partial charge in [-0.1, -0.05) is 121 Å². The number of para-hydroxylation sites is 3. The fraction of sp³-hybridized carbons (Fsp3) is 0. The molecule has 12 aromatic rings. The summed E-state index contributed by atoms with van der Waals surface area (Å²) in [6.07, 6.45) is 0. The van der Waals surface area contributed by atoms with Crippen molar-refractivity contribution in [1.82, 2.24) is 19.5 Å². The van der Waals surface area contributed by atoms with Crippen molar-refractivity contribution in [1.29, 1.82) is 0 Å². The molecule has 4 aromatic heterocycles. The van der Waals surface area contributed by atoms with Crippen LogP contribution in [0.2, 0.25) is 0 Å². The van der Waals surface area contributed by atoms with Gasteiger partial charge in [0.05, 0.1) is 16.6 Å². The van der Waals surface area contributed by atoms with E-state index in [1.807, 2.05) is 66.7 Å². The first-order valence-electron chi connectivity index (χ1n) is 19.0. The summed E-state index contributed by atoms with van der Waals surface area (Å²) < 4.78 is 15.3. The van der Waals surface area contributed by atoms with Crippen LogP contribution < -0.4 is 0 Å². The van der Waals surface area contributed by atoms with Crippen LogP contribution in [0.3, 0.4) is 0 Å². The zero-order valence-electron chi connectivity index (χ0n) is 30.4. The predicted octanol–water partition coefficient (Wildman–Crippen LogP) is 13.4. The lowest BCUT2D eigenvalue weighted by Crippen LogP contribution is -2.00. The maximum atomic E-state index is 6.55. The minimum Gasteiger partial charge on any atom is -0.456 e. The van der Waals surface area contributed by atoms with Crippen LogP contribution in [0.25, 0.3) is 117 Å². The number of aromatic nitrogens is 4. The molecule has 0 aliphatic rings. The molecule has 0 aliphatic carbocycles. The standard InChI is InChI=1S/C51H30N4O2/c1-3-12-31(13-4-1)33-23-26-44-41(28-33)36-16-7-9-20-43(36)55(44)35-24-27-46-42(30-35)38-25-22-34(29-47(38)56-46)50-52-49(32-14-5-2-6-15-32)53-51(54-50)40-19-11-18-39-37-17-8-10-21-45(37)57-48(39)40/h1-30H. The number of hydrogen-bond acceptors (Lipinski definition) is 5. The Bertz CT molecular complexity index is 3530. The predicted molar refractivity (Wildman–Crippen MR) is 230 cm³/mol. The van der Waals surface area contributed by atoms with E-state index in [4.69, 9.17) is 23.8 Å². The average Bonchev–Trinajstić information content (AvgIpc) is 3.95. The molecule has 0 bridgehead atoms. The van der Waals surface area contributed by atoms with Gasteiger partial charge >= 0.3 is 0 Å². The second-order valence-electron chi connectivity index (χ2n) is 14.4. The van der Waals surface area contributed by atoms with Gasteiger partial charge in [0.2, 0.25) is 0 Å². The van der Waals surface area contributed by atoms with Crippen LogP contribution >= 0.6 is 0 Å². The Morgan fingerprint density at radius 1 is 0.333 bits per heavy atom. The topological polar surface area (TPSA) is 69.9 Å². The highest BCUT2D eigenvalue weighted by Gasteiger charge is 2.20. The zero-order chi connectivity index (χ0) is 37.5. The first-order chi connectivity index (χ1) is 28.2. The third kappa shape index (κ3) is 5.01. The van der Waals surface area contributed by atoms with E-state index in [0.717, 1.165) is 77.3 Å². The van der Waals surface area contributed by atoms with Gasteiger partial charge in [-0.2, -0.15) is 0 Å². The Kier molecular flexibility index (Phi) is 6.83. The smallest absolute Gasteiger partial charge is 0.167 e. The number of furan rings is 2. The van der Waals surface area contributed by atoms with E-state index in [9.17, 15) is 0 Å². The number of benzene rings is 8. The number of rotatable bonds is 5. The molecular weight excluding hydrogens is 701 g/mol. The molecule has 0 saturated carbocycles. The zero-order valence-corrected chi connectivity index (χ0v) is 30.4. The molecule has 12 rings (SSSR count). The van der Waals surface area contributed by atoms with Crippen LogP contribution in [0.1, 0.15) is 0 Å². The summed E-state index contributed by atoms with van der Waals surface area (Å²) in [4.78, 5) is 15.1. The largest absolute Gasteiger partial charge is 0.456 e. The van der Waals surface area contributed by atoms with Gasteiger partial charge < -0.3 is 13.4 Å². The van der Waals surface area contributed by atoms with Crippen LogP contribution in [0.15, 0.2) is 191 Å². The molecule has 0 amide bonds. The van der Waals surface area contributed by atoms with Crippen LogP contribution in [0, 0.1) is 0 Å².